The second kappa shape index (κ2) is 5.33. The molecule has 0 bridgehead atoms. The first-order valence-electron chi connectivity index (χ1n) is 6.89. The molecule has 2 rings (SSSR count). The van der Waals surface area contributed by atoms with Gasteiger partial charge in [0.25, 0.3) is 0 Å². The Kier molecular flexibility index (Phi) is 3.95. The maximum Gasteiger partial charge on any atom is 0.309 e. The molecule has 0 aliphatic heterocycles. The quantitative estimate of drug-likeness (QED) is 0.852. The number of aliphatic hydroxyl groups is 1. The Morgan fingerprint density at radius 1 is 1.42 bits per heavy atom. The number of hydrogen-bond donors (Lipinski definition) is 1. The van der Waals surface area contributed by atoms with E-state index >= 15 is 0 Å². The molecule has 0 spiro atoms. The first-order valence-corrected chi connectivity index (χ1v) is 6.89. The minimum atomic E-state index is -0.430. The molecule has 0 heterocycles. The van der Waals surface area contributed by atoms with Gasteiger partial charge in [-0.1, -0.05) is 36.8 Å². The Labute approximate surface area is 114 Å². The number of carbonyl (C=O) groups excluding carboxylic acids is 1. The molecule has 0 aromatic heterocycles. The van der Waals surface area contributed by atoms with E-state index in [1.54, 1.807) is 0 Å². The lowest BCUT2D eigenvalue weighted by atomic mass is 9.74. The molecule has 1 aromatic rings. The predicted molar refractivity (Wildman–Crippen MR) is 73.9 cm³/mol. The molecule has 1 aliphatic rings. The Bertz CT molecular complexity index is 452. The number of hydrogen-bond acceptors (Lipinski definition) is 3. The summed E-state index contributed by atoms with van der Waals surface area (Å²) in [4.78, 5) is 12.1. The predicted octanol–water partition coefficient (Wildman–Crippen LogP) is 2.59. The Morgan fingerprint density at radius 2 is 2.05 bits per heavy atom. The number of rotatable bonds is 3. The van der Waals surface area contributed by atoms with Crippen LogP contribution in [0.25, 0.3) is 0 Å². The fourth-order valence-corrected chi connectivity index (χ4v) is 3.10. The monoisotopic (exact) mass is 262 g/mol. The van der Waals surface area contributed by atoms with Gasteiger partial charge in [0.15, 0.2) is 0 Å². The summed E-state index contributed by atoms with van der Waals surface area (Å²) in [5, 5.41) is 9.96. The fourth-order valence-electron chi connectivity index (χ4n) is 3.10. The molecule has 0 unspecified atom stereocenters. The van der Waals surface area contributed by atoms with Crippen molar-refractivity contribution in [3.63, 3.8) is 0 Å². The SMILES string of the molecule is CCOC(=O)[C@@H]1C[C@H](O)C[C@@]1(C)c1ccc(C)cc1. The van der Waals surface area contributed by atoms with Gasteiger partial charge in [-0.2, -0.15) is 0 Å². The molecule has 19 heavy (non-hydrogen) atoms. The van der Waals surface area contributed by atoms with Crippen molar-refractivity contribution in [2.24, 2.45) is 5.92 Å². The van der Waals surface area contributed by atoms with E-state index in [0.29, 0.717) is 19.4 Å². The van der Waals surface area contributed by atoms with Crippen LogP contribution in [0.2, 0.25) is 0 Å². The number of benzene rings is 1. The summed E-state index contributed by atoms with van der Waals surface area (Å²) in [6.45, 7) is 6.29. The molecule has 0 radical (unpaired) electrons. The molecule has 1 aliphatic carbocycles. The molecule has 1 aromatic carbocycles. The summed E-state index contributed by atoms with van der Waals surface area (Å²) in [5.74, 6) is -0.452. The van der Waals surface area contributed by atoms with Gasteiger partial charge in [-0.15, -0.1) is 0 Å². The summed E-state index contributed by atoms with van der Waals surface area (Å²) in [6, 6.07) is 8.21. The highest BCUT2D eigenvalue weighted by Crippen LogP contribution is 2.46. The highest BCUT2D eigenvalue weighted by Gasteiger charge is 2.48. The summed E-state index contributed by atoms with van der Waals surface area (Å²) in [7, 11) is 0. The van der Waals surface area contributed by atoms with E-state index < -0.39 is 6.10 Å². The van der Waals surface area contributed by atoms with Crippen LogP contribution in [0.3, 0.4) is 0 Å². The number of aliphatic hydroxyl groups excluding tert-OH is 1. The van der Waals surface area contributed by atoms with Gasteiger partial charge in [-0.05, 0) is 32.3 Å². The van der Waals surface area contributed by atoms with Crippen molar-refractivity contribution in [1.29, 1.82) is 0 Å². The van der Waals surface area contributed by atoms with Gasteiger partial charge in [-0.25, -0.2) is 0 Å². The molecule has 0 amide bonds. The van der Waals surface area contributed by atoms with Crippen LogP contribution in [-0.2, 0) is 14.9 Å². The van der Waals surface area contributed by atoms with E-state index in [1.807, 2.05) is 26.0 Å². The Morgan fingerprint density at radius 3 is 2.63 bits per heavy atom. The second-order valence-electron chi connectivity index (χ2n) is 5.68. The lowest BCUT2D eigenvalue weighted by molar-refractivity contribution is -0.149. The average Bonchev–Trinajstić information content (AvgIpc) is 2.67. The van der Waals surface area contributed by atoms with E-state index in [1.165, 1.54) is 5.56 Å². The van der Waals surface area contributed by atoms with Crippen LogP contribution in [0, 0.1) is 12.8 Å². The van der Waals surface area contributed by atoms with Crippen molar-refractivity contribution in [1.82, 2.24) is 0 Å². The normalized spacial score (nSPS) is 30.3. The number of esters is 1. The number of ether oxygens (including phenoxy) is 1. The molecule has 1 fully saturated rings. The largest absolute Gasteiger partial charge is 0.466 e. The van der Waals surface area contributed by atoms with Crippen LogP contribution in [0.4, 0.5) is 0 Å². The molecule has 1 N–H and O–H groups in total. The van der Waals surface area contributed by atoms with Gasteiger partial charge in [-0.3, -0.25) is 4.79 Å². The zero-order chi connectivity index (χ0) is 14.0. The smallest absolute Gasteiger partial charge is 0.309 e. The lowest BCUT2D eigenvalue weighted by Gasteiger charge is -2.30. The minimum Gasteiger partial charge on any atom is -0.466 e. The van der Waals surface area contributed by atoms with Crippen molar-refractivity contribution in [3.05, 3.63) is 35.4 Å². The van der Waals surface area contributed by atoms with Crippen molar-refractivity contribution in [3.8, 4) is 0 Å². The van der Waals surface area contributed by atoms with Gasteiger partial charge in [0.1, 0.15) is 0 Å². The highest BCUT2D eigenvalue weighted by molar-refractivity contribution is 5.75. The molecule has 3 atom stereocenters. The summed E-state index contributed by atoms with van der Waals surface area (Å²) in [6.07, 6.45) is 0.670. The van der Waals surface area contributed by atoms with Crippen LogP contribution in [0.1, 0.15) is 37.8 Å². The van der Waals surface area contributed by atoms with Crippen molar-refractivity contribution < 1.29 is 14.6 Å². The van der Waals surface area contributed by atoms with Crippen LogP contribution in [0.5, 0.6) is 0 Å². The Balaban J connectivity index is 2.32. The molecular weight excluding hydrogens is 240 g/mol. The molecule has 104 valence electrons. The maximum atomic E-state index is 12.1. The Hall–Kier alpha value is -1.35. The lowest BCUT2D eigenvalue weighted by Crippen LogP contribution is -2.33. The topological polar surface area (TPSA) is 46.5 Å². The average molecular weight is 262 g/mol. The van der Waals surface area contributed by atoms with E-state index in [4.69, 9.17) is 4.74 Å². The van der Waals surface area contributed by atoms with Crippen molar-refractivity contribution in [2.75, 3.05) is 6.61 Å². The first kappa shape index (κ1) is 14.1. The van der Waals surface area contributed by atoms with E-state index in [2.05, 4.69) is 19.1 Å². The standard InChI is InChI=1S/C16H22O3/c1-4-19-15(18)14-9-13(17)10-16(14,3)12-7-5-11(2)6-8-12/h5-8,13-14,17H,4,9-10H2,1-3H3/t13-,14-,16-/m0/s1. The fraction of sp³-hybridized carbons (Fsp3) is 0.562. The summed E-state index contributed by atoms with van der Waals surface area (Å²) in [5.41, 5.74) is 1.96. The van der Waals surface area contributed by atoms with Crippen LogP contribution in [0.15, 0.2) is 24.3 Å². The number of carbonyl (C=O) groups is 1. The van der Waals surface area contributed by atoms with Gasteiger partial charge in [0.05, 0.1) is 18.6 Å². The van der Waals surface area contributed by atoms with E-state index in [-0.39, 0.29) is 17.3 Å². The van der Waals surface area contributed by atoms with Gasteiger partial charge in [0.2, 0.25) is 0 Å². The zero-order valence-corrected chi connectivity index (χ0v) is 11.8. The maximum absolute atomic E-state index is 12.1. The second-order valence-corrected chi connectivity index (χ2v) is 5.68. The van der Waals surface area contributed by atoms with Crippen molar-refractivity contribution >= 4 is 5.97 Å². The molecule has 3 heteroatoms. The third kappa shape index (κ3) is 2.66. The highest BCUT2D eigenvalue weighted by atomic mass is 16.5. The minimum absolute atomic E-state index is 0.192. The molecular formula is C16H22O3. The molecule has 1 saturated carbocycles. The third-order valence-electron chi connectivity index (χ3n) is 4.22. The van der Waals surface area contributed by atoms with Crippen LogP contribution < -0.4 is 0 Å². The summed E-state index contributed by atoms with van der Waals surface area (Å²) >= 11 is 0. The van der Waals surface area contributed by atoms with Gasteiger partial charge < -0.3 is 9.84 Å². The van der Waals surface area contributed by atoms with E-state index in [0.717, 1.165) is 5.56 Å². The third-order valence-corrected chi connectivity index (χ3v) is 4.22. The summed E-state index contributed by atoms with van der Waals surface area (Å²) < 4.78 is 5.16. The van der Waals surface area contributed by atoms with Gasteiger partial charge in [0, 0.05) is 5.41 Å². The first-order chi connectivity index (χ1) is 8.97. The van der Waals surface area contributed by atoms with Crippen LogP contribution in [-0.4, -0.2) is 23.8 Å². The van der Waals surface area contributed by atoms with Gasteiger partial charge >= 0.3 is 5.97 Å². The van der Waals surface area contributed by atoms with Crippen molar-refractivity contribution in [2.45, 2.75) is 45.1 Å². The number of aryl methyl sites for hydroxylation is 1. The van der Waals surface area contributed by atoms with E-state index in [9.17, 15) is 9.90 Å². The van der Waals surface area contributed by atoms with Crippen LogP contribution >= 0.6 is 0 Å². The molecule has 0 saturated heterocycles. The molecule has 3 nitrogen and oxygen atoms in total. The zero-order valence-electron chi connectivity index (χ0n) is 11.8.